The molecule has 0 saturated heterocycles. The first-order valence-electron chi connectivity index (χ1n) is 5.63. The summed E-state index contributed by atoms with van der Waals surface area (Å²) in [5, 5.41) is 6.03. The normalized spacial score (nSPS) is 10.3. The predicted octanol–water partition coefficient (Wildman–Crippen LogP) is 2.99. The highest BCUT2D eigenvalue weighted by Gasteiger charge is 2.12. The molecule has 2 rings (SSSR count). The zero-order chi connectivity index (χ0) is 13.8. The van der Waals surface area contributed by atoms with Gasteiger partial charge in [-0.15, -0.1) is 11.3 Å². The lowest BCUT2D eigenvalue weighted by Crippen LogP contribution is -2.06. The smallest absolute Gasteiger partial charge is 0.340 e. The lowest BCUT2D eigenvalue weighted by molar-refractivity contribution is 0.0595. The number of hydrogen-bond acceptors (Lipinski definition) is 5. The fourth-order valence-electron chi connectivity index (χ4n) is 1.58. The summed E-state index contributed by atoms with van der Waals surface area (Å²) in [7, 11) is 1.22. The number of nitrogens with zero attached hydrogens (tertiary/aromatic N) is 1. The summed E-state index contributed by atoms with van der Waals surface area (Å²) in [5.74, 6) is -1.28. The maximum Gasteiger partial charge on any atom is 0.340 e. The number of aryl methyl sites for hydroxylation is 1. The van der Waals surface area contributed by atoms with Crippen molar-refractivity contribution in [3.05, 3.63) is 45.7 Å². The van der Waals surface area contributed by atoms with E-state index in [9.17, 15) is 9.18 Å². The highest BCUT2D eigenvalue weighted by Crippen LogP contribution is 2.17. The maximum atomic E-state index is 13.4. The third kappa shape index (κ3) is 3.29. The number of methoxy groups -OCH3 is 1. The van der Waals surface area contributed by atoms with Crippen molar-refractivity contribution in [3.63, 3.8) is 0 Å². The highest BCUT2D eigenvalue weighted by molar-refractivity contribution is 7.09. The average Bonchev–Trinajstić information content (AvgIpc) is 2.83. The second kappa shape index (κ2) is 5.79. The van der Waals surface area contributed by atoms with Gasteiger partial charge in [-0.25, -0.2) is 14.2 Å². The lowest BCUT2D eigenvalue weighted by atomic mass is 10.2. The van der Waals surface area contributed by atoms with Crippen LogP contribution in [0.1, 0.15) is 21.1 Å². The van der Waals surface area contributed by atoms with Crippen LogP contribution in [0.5, 0.6) is 0 Å². The fraction of sp³-hybridized carbons (Fsp3) is 0.231. The summed E-state index contributed by atoms with van der Waals surface area (Å²) in [6.45, 7) is 2.46. The number of rotatable bonds is 4. The van der Waals surface area contributed by atoms with Gasteiger partial charge in [-0.3, -0.25) is 0 Å². The molecule has 4 nitrogen and oxygen atoms in total. The molecule has 1 N–H and O–H groups in total. The van der Waals surface area contributed by atoms with E-state index in [-0.39, 0.29) is 5.56 Å². The highest BCUT2D eigenvalue weighted by atomic mass is 32.1. The number of carbonyl (C=O) groups excluding carboxylic acids is 1. The van der Waals surface area contributed by atoms with Crippen molar-refractivity contribution in [3.8, 4) is 0 Å². The third-order valence-electron chi connectivity index (χ3n) is 2.51. The van der Waals surface area contributed by atoms with Gasteiger partial charge in [0.1, 0.15) is 5.82 Å². The van der Waals surface area contributed by atoms with Gasteiger partial charge in [-0.1, -0.05) is 0 Å². The molecule has 2 aromatic rings. The molecule has 0 amide bonds. The fourth-order valence-corrected chi connectivity index (χ4v) is 2.20. The van der Waals surface area contributed by atoms with Crippen LogP contribution in [0.4, 0.5) is 10.1 Å². The molecule has 6 heteroatoms. The van der Waals surface area contributed by atoms with Gasteiger partial charge in [0.05, 0.1) is 29.9 Å². The van der Waals surface area contributed by atoms with Gasteiger partial charge in [-0.2, -0.15) is 0 Å². The summed E-state index contributed by atoms with van der Waals surface area (Å²) < 4.78 is 18.0. The minimum Gasteiger partial charge on any atom is -0.465 e. The number of ether oxygens (including phenoxy) is 1. The van der Waals surface area contributed by atoms with Gasteiger partial charge < -0.3 is 10.1 Å². The molecule has 0 bridgehead atoms. The Morgan fingerprint density at radius 1 is 1.53 bits per heavy atom. The number of hydrogen-bond donors (Lipinski definition) is 1. The molecule has 19 heavy (non-hydrogen) atoms. The standard InChI is InChI=1S/C13H13FN2O2S/c1-8-16-10(7-19-8)6-15-9-3-4-12(14)11(5-9)13(17)18-2/h3-5,7,15H,6H2,1-2H3. The van der Waals surface area contributed by atoms with Crippen LogP contribution in [0.2, 0.25) is 0 Å². The van der Waals surface area contributed by atoms with E-state index in [1.165, 1.54) is 19.2 Å². The number of benzene rings is 1. The Morgan fingerprint density at radius 2 is 2.32 bits per heavy atom. The van der Waals surface area contributed by atoms with E-state index in [1.807, 2.05) is 12.3 Å². The minimum absolute atomic E-state index is 0.0815. The summed E-state index contributed by atoms with van der Waals surface area (Å²) >= 11 is 1.57. The average molecular weight is 280 g/mol. The first-order chi connectivity index (χ1) is 9.10. The van der Waals surface area contributed by atoms with Crippen molar-refractivity contribution in [2.75, 3.05) is 12.4 Å². The second-order valence-electron chi connectivity index (χ2n) is 3.90. The van der Waals surface area contributed by atoms with E-state index in [4.69, 9.17) is 0 Å². The molecule has 0 aliphatic carbocycles. The number of halogens is 1. The largest absolute Gasteiger partial charge is 0.465 e. The number of esters is 1. The van der Waals surface area contributed by atoms with Gasteiger partial charge in [-0.05, 0) is 25.1 Å². The number of carbonyl (C=O) groups is 1. The predicted molar refractivity (Wildman–Crippen MR) is 71.9 cm³/mol. The Labute approximate surface area is 114 Å². The van der Waals surface area contributed by atoms with Crippen molar-refractivity contribution < 1.29 is 13.9 Å². The number of nitrogens with one attached hydrogen (secondary N) is 1. The molecular formula is C13H13FN2O2S. The van der Waals surface area contributed by atoms with Crippen LogP contribution in [-0.4, -0.2) is 18.1 Å². The van der Waals surface area contributed by atoms with Gasteiger partial charge in [0.25, 0.3) is 0 Å². The molecule has 0 aliphatic rings. The molecule has 0 unspecified atom stereocenters. The SMILES string of the molecule is COC(=O)c1cc(NCc2csc(C)n2)ccc1F. The molecular weight excluding hydrogens is 267 g/mol. The van der Waals surface area contributed by atoms with Crippen molar-refractivity contribution in [1.29, 1.82) is 0 Å². The Morgan fingerprint density at radius 3 is 2.95 bits per heavy atom. The van der Waals surface area contributed by atoms with E-state index in [0.717, 1.165) is 10.7 Å². The van der Waals surface area contributed by atoms with Crippen LogP contribution in [0.15, 0.2) is 23.6 Å². The van der Waals surface area contributed by atoms with Gasteiger partial charge in [0.15, 0.2) is 0 Å². The molecule has 0 saturated carbocycles. The quantitative estimate of drug-likeness (QED) is 0.875. The van der Waals surface area contributed by atoms with Crippen molar-refractivity contribution in [2.45, 2.75) is 13.5 Å². The zero-order valence-corrected chi connectivity index (χ0v) is 11.4. The molecule has 1 heterocycles. The van der Waals surface area contributed by atoms with Crippen molar-refractivity contribution in [1.82, 2.24) is 4.98 Å². The molecule has 0 atom stereocenters. The first kappa shape index (κ1) is 13.5. The third-order valence-corrected chi connectivity index (χ3v) is 3.33. The van der Waals surface area contributed by atoms with Crippen LogP contribution < -0.4 is 5.32 Å². The molecule has 0 spiro atoms. The Balaban J connectivity index is 2.10. The van der Waals surface area contributed by atoms with Gasteiger partial charge >= 0.3 is 5.97 Å². The number of anilines is 1. The molecule has 1 aromatic carbocycles. The summed E-state index contributed by atoms with van der Waals surface area (Å²) in [5.41, 5.74) is 1.47. The summed E-state index contributed by atoms with van der Waals surface area (Å²) in [6.07, 6.45) is 0. The second-order valence-corrected chi connectivity index (χ2v) is 4.96. The van der Waals surface area contributed by atoms with E-state index in [1.54, 1.807) is 17.4 Å². The van der Waals surface area contributed by atoms with Gasteiger partial charge in [0, 0.05) is 11.1 Å². The van der Waals surface area contributed by atoms with E-state index < -0.39 is 11.8 Å². The Hall–Kier alpha value is -1.95. The van der Waals surface area contributed by atoms with Crippen LogP contribution in [0, 0.1) is 12.7 Å². The minimum atomic E-state index is -0.689. The number of aromatic nitrogens is 1. The summed E-state index contributed by atoms with van der Waals surface area (Å²) in [6, 6.07) is 4.24. The van der Waals surface area contributed by atoms with Crippen molar-refractivity contribution >= 4 is 23.0 Å². The molecule has 100 valence electrons. The lowest BCUT2D eigenvalue weighted by Gasteiger charge is -2.07. The van der Waals surface area contributed by atoms with Crippen LogP contribution in [0.3, 0.4) is 0 Å². The zero-order valence-electron chi connectivity index (χ0n) is 10.6. The first-order valence-corrected chi connectivity index (χ1v) is 6.51. The maximum absolute atomic E-state index is 13.4. The van der Waals surface area contributed by atoms with Crippen molar-refractivity contribution in [2.24, 2.45) is 0 Å². The van der Waals surface area contributed by atoms with E-state index in [2.05, 4.69) is 15.0 Å². The number of thiazole rings is 1. The van der Waals surface area contributed by atoms with Crippen LogP contribution >= 0.6 is 11.3 Å². The molecule has 0 radical (unpaired) electrons. The monoisotopic (exact) mass is 280 g/mol. The molecule has 0 aliphatic heterocycles. The van der Waals surface area contributed by atoms with Crippen LogP contribution in [0.25, 0.3) is 0 Å². The topological polar surface area (TPSA) is 51.2 Å². The van der Waals surface area contributed by atoms with E-state index in [0.29, 0.717) is 12.2 Å². The van der Waals surface area contributed by atoms with Gasteiger partial charge in [0.2, 0.25) is 0 Å². The summed E-state index contributed by atoms with van der Waals surface area (Å²) in [4.78, 5) is 15.7. The Bertz CT molecular complexity index is 598. The molecule has 0 fully saturated rings. The van der Waals surface area contributed by atoms with Crippen LogP contribution in [-0.2, 0) is 11.3 Å². The molecule has 1 aromatic heterocycles. The van der Waals surface area contributed by atoms with E-state index >= 15 is 0 Å². The Kier molecular flexibility index (Phi) is 4.11.